The first-order chi connectivity index (χ1) is 16.3. The van der Waals surface area contributed by atoms with Gasteiger partial charge in [-0.25, -0.2) is 0 Å². The maximum absolute atomic E-state index is 13.0. The number of ketones is 1. The number of aliphatic hydroxyl groups excluding tert-OH is 2. The molecular formula is C29H42O6. The van der Waals surface area contributed by atoms with Crippen LogP contribution in [0.25, 0.3) is 0 Å². The topological polar surface area (TPSA) is 96.2 Å². The Morgan fingerprint density at radius 1 is 1.06 bits per heavy atom. The van der Waals surface area contributed by atoms with E-state index in [9.17, 15) is 20.1 Å². The smallest absolute Gasteiger partial charge is 0.231 e. The molecule has 0 spiro atoms. The van der Waals surface area contributed by atoms with Gasteiger partial charge in [-0.3, -0.25) is 4.79 Å². The van der Waals surface area contributed by atoms with Crippen LogP contribution in [0.15, 0.2) is 46.0 Å². The molecule has 0 aromatic heterocycles. The standard InChI is InChI=1S/C29H42O6/c1-14-8-9-22-18(5)24(30)19(6)28(34-22)23-21-13-29(33,17(4)12-16(3)11-15(2)10-14)35-27(21)20(7)25(31)26(23)32/h10,13-14,16-19,22,24,28,30,32-33H,8-9,11-12H2,1-7H3/b15-10+/t14-,16+,17-,18+,19+,22+,24-,28+,29+/m0/s1. The molecule has 1 aliphatic carbocycles. The molecular weight excluding hydrogens is 444 g/mol. The van der Waals surface area contributed by atoms with Crippen LogP contribution in [0.3, 0.4) is 0 Å². The van der Waals surface area contributed by atoms with Gasteiger partial charge in [-0.2, -0.15) is 0 Å². The lowest BCUT2D eigenvalue weighted by Gasteiger charge is -2.44. The minimum absolute atomic E-state index is 0.0815. The molecule has 0 radical (unpaired) electrons. The maximum Gasteiger partial charge on any atom is 0.231 e. The largest absolute Gasteiger partial charge is 0.504 e. The number of hydrogen-bond acceptors (Lipinski definition) is 6. The quantitative estimate of drug-likeness (QED) is 0.411. The van der Waals surface area contributed by atoms with Crippen molar-refractivity contribution in [3.05, 3.63) is 46.0 Å². The fraction of sp³-hybridized carbons (Fsp3) is 0.690. The van der Waals surface area contributed by atoms with Gasteiger partial charge in [-0.15, -0.1) is 0 Å². The predicted octanol–water partition coefficient (Wildman–Crippen LogP) is 5.13. The normalized spacial score (nSPS) is 44.5. The van der Waals surface area contributed by atoms with Gasteiger partial charge >= 0.3 is 0 Å². The summed E-state index contributed by atoms with van der Waals surface area (Å²) in [6, 6.07) is 0. The van der Waals surface area contributed by atoms with Gasteiger partial charge in [-0.05, 0) is 57.4 Å². The molecule has 4 rings (SSSR count). The maximum atomic E-state index is 13.0. The van der Waals surface area contributed by atoms with E-state index < -0.39 is 23.8 Å². The number of allylic oxidation sites excluding steroid dienone is 4. The van der Waals surface area contributed by atoms with E-state index in [4.69, 9.17) is 9.47 Å². The summed E-state index contributed by atoms with van der Waals surface area (Å²) in [5, 5.41) is 33.8. The van der Waals surface area contributed by atoms with Crippen LogP contribution in [-0.4, -0.2) is 45.2 Å². The van der Waals surface area contributed by atoms with E-state index in [1.54, 1.807) is 13.0 Å². The Morgan fingerprint density at radius 3 is 2.43 bits per heavy atom. The average molecular weight is 487 g/mol. The lowest BCUT2D eigenvalue weighted by Crippen LogP contribution is -2.50. The third kappa shape index (κ3) is 4.65. The zero-order chi connectivity index (χ0) is 25.8. The van der Waals surface area contributed by atoms with Gasteiger partial charge in [0.05, 0.1) is 18.3 Å². The number of carbonyl (C=O) groups is 1. The van der Waals surface area contributed by atoms with Crippen molar-refractivity contribution in [2.75, 3.05) is 0 Å². The monoisotopic (exact) mass is 486 g/mol. The van der Waals surface area contributed by atoms with E-state index in [1.165, 1.54) is 5.57 Å². The highest BCUT2D eigenvalue weighted by Gasteiger charge is 2.51. The van der Waals surface area contributed by atoms with Crippen molar-refractivity contribution in [1.29, 1.82) is 0 Å². The molecule has 6 heteroatoms. The molecule has 0 unspecified atom stereocenters. The van der Waals surface area contributed by atoms with E-state index >= 15 is 0 Å². The minimum Gasteiger partial charge on any atom is -0.504 e. The Labute approximate surface area is 209 Å². The van der Waals surface area contributed by atoms with Gasteiger partial charge in [0.2, 0.25) is 11.6 Å². The number of aliphatic hydroxyl groups is 3. The van der Waals surface area contributed by atoms with Crippen molar-refractivity contribution in [3.63, 3.8) is 0 Å². The van der Waals surface area contributed by atoms with Gasteiger partial charge in [-0.1, -0.05) is 46.3 Å². The van der Waals surface area contributed by atoms with Gasteiger partial charge < -0.3 is 24.8 Å². The van der Waals surface area contributed by atoms with Crippen LogP contribution in [0.4, 0.5) is 0 Å². The van der Waals surface area contributed by atoms with Gasteiger partial charge in [0.15, 0.2) is 5.76 Å². The summed E-state index contributed by atoms with van der Waals surface area (Å²) >= 11 is 0. The summed E-state index contributed by atoms with van der Waals surface area (Å²) in [5.74, 6) is -2.16. The van der Waals surface area contributed by atoms with Crippen LogP contribution < -0.4 is 0 Å². The summed E-state index contributed by atoms with van der Waals surface area (Å²) in [6.07, 6.45) is 5.76. The Morgan fingerprint density at radius 2 is 1.74 bits per heavy atom. The summed E-state index contributed by atoms with van der Waals surface area (Å²) < 4.78 is 12.7. The number of rotatable bonds is 0. The molecule has 35 heavy (non-hydrogen) atoms. The van der Waals surface area contributed by atoms with Crippen LogP contribution in [0.2, 0.25) is 0 Å². The van der Waals surface area contributed by atoms with E-state index in [-0.39, 0.29) is 35.2 Å². The minimum atomic E-state index is -1.60. The highest BCUT2D eigenvalue weighted by molar-refractivity contribution is 6.10. The van der Waals surface area contributed by atoms with Crippen LogP contribution >= 0.6 is 0 Å². The van der Waals surface area contributed by atoms with E-state index in [2.05, 4.69) is 26.8 Å². The van der Waals surface area contributed by atoms with Crippen LogP contribution in [-0.2, 0) is 14.3 Å². The Balaban J connectivity index is 1.83. The van der Waals surface area contributed by atoms with Crippen molar-refractivity contribution < 1.29 is 29.6 Å². The summed E-state index contributed by atoms with van der Waals surface area (Å²) in [7, 11) is 0. The highest BCUT2D eigenvalue weighted by Crippen LogP contribution is 2.49. The number of fused-ring (bicyclic) bond motifs is 4. The van der Waals surface area contributed by atoms with E-state index in [0.29, 0.717) is 28.7 Å². The molecule has 3 N–H and O–H groups in total. The molecule has 0 aromatic carbocycles. The number of hydrogen-bond donors (Lipinski definition) is 3. The van der Waals surface area contributed by atoms with Crippen molar-refractivity contribution in [2.24, 2.45) is 29.6 Å². The molecule has 3 aliphatic heterocycles. The first kappa shape index (κ1) is 26.2. The molecule has 0 saturated carbocycles. The van der Waals surface area contributed by atoms with Gasteiger partial charge in [0.1, 0.15) is 5.76 Å². The number of Topliss-reactive ketones (excluding diaryl/α,β-unsaturated/α-hetero) is 1. The van der Waals surface area contributed by atoms with E-state index in [1.807, 2.05) is 20.8 Å². The summed E-state index contributed by atoms with van der Waals surface area (Å²) in [4.78, 5) is 13.0. The predicted molar refractivity (Wildman–Crippen MR) is 134 cm³/mol. The van der Waals surface area contributed by atoms with Gasteiger partial charge in [0, 0.05) is 34.5 Å². The summed E-state index contributed by atoms with van der Waals surface area (Å²) in [6.45, 7) is 14.0. The molecule has 1 saturated heterocycles. The molecule has 9 atom stereocenters. The SMILES string of the molecule is CC1=C2O[C@]3(O)C=C2C(=C(O)C1=O)[C@@H]1O[C@H](CC[C@H](C)/C=C(\C)C[C@@H](C)C[C@@H]3C)[C@@H](C)[C@H](O)[C@H]1C. The van der Waals surface area contributed by atoms with E-state index in [0.717, 1.165) is 25.7 Å². The number of ether oxygens (including phenoxy) is 2. The lowest BCUT2D eigenvalue weighted by molar-refractivity contribution is -0.164. The first-order valence-electron chi connectivity index (χ1n) is 13.2. The fourth-order valence-electron chi connectivity index (χ4n) is 6.51. The van der Waals surface area contributed by atoms with Crippen molar-refractivity contribution in [1.82, 2.24) is 0 Å². The fourth-order valence-corrected chi connectivity index (χ4v) is 6.51. The molecule has 3 heterocycles. The highest BCUT2D eigenvalue weighted by atomic mass is 16.6. The molecule has 4 bridgehead atoms. The van der Waals surface area contributed by atoms with Gasteiger partial charge in [0.25, 0.3) is 0 Å². The second kappa shape index (κ2) is 9.53. The van der Waals surface area contributed by atoms with Crippen LogP contribution in [0.1, 0.15) is 74.1 Å². The lowest BCUT2D eigenvalue weighted by atomic mass is 9.75. The molecule has 194 valence electrons. The zero-order valence-electron chi connectivity index (χ0n) is 22.2. The van der Waals surface area contributed by atoms with Crippen LogP contribution in [0, 0.1) is 29.6 Å². The molecule has 0 aromatic rings. The Hall–Kier alpha value is -1.89. The van der Waals surface area contributed by atoms with Crippen LogP contribution in [0.5, 0.6) is 0 Å². The Bertz CT molecular complexity index is 1000. The zero-order valence-corrected chi connectivity index (χ0v) is 22.2. The van der Waals surface area contributed by atoms with Crippen molar-refractivity contribution in [3.8, 4) is 0 Å². The number of carbonyl (C=O) groups excluding carboxylic acids is 1. The third-order valence-electron chi connectivity index (χ3n) is 8.66. The molecule has 6 nitrogen and oxygen atoms in total. The Kier molecular flexibility index (Phi) is 7.13. The second-order valence-corrected chi connectivity index (χ2v) is 11.8. The van der Waals surface area contributed by atoms with Crippen molar-refractivity contribution in [2.45, 2.75) is 98.2 Å². The summed E-state index contributed by atoms with van der Waals surface area (Å²) in [5.41, 5.74) is 2.44. The third-order valence-corrected chi connectivity index (χ3v) is 8.66. The molecule has 0 amide bonds. The van der Waals surface area contributed by atoms with Crippen molar-refractivity contribution >= 4 is 5.78 Å². The second-order valence-electron chi connectivity index (χ2n) is 11.8. The molecule has 1 fully saturated rings. The molecule has 4 aliphatic rings. The average Bonchev–Trinajstić information content (AvgIpc) is 3.14. The first-order valence-corrected chi connectivity index (χ1v) is 13.2.